The Labute approximate surface area is 195 Å². The lowest BCUT2D eigenvalue weighted by Gasteiger charge is -2.29. The number of benzene rings is 2. The molecule has 1 aliphatic rings. The summed E-state index contributed by atoms with van der Waals surface area (Å²) >= 11 is 5.27. The maximum atomic E-state index is 13.3. The molecule has 2 heterocycles. The van der Waals surface area contributed by atoms with Gasteiger partial charge in [0.2, 0.25) is 0 Å². The van der Waals surface area contributed by atoms with Crippen LogP contribution in [-0.4, -0.2) is 41.2 Å². The average Bonchev–Trinajstić information content (AvgIpc) is 3.15. The largest absolute Gasteiger partial charge is 0.494 e. The molecular weight excluding hydrogens is 442 g/mol. The second-order valence-electron chi connectivity index (χ2n) is 7.19. The normalized spacial score (nSPS) is 15.2. The molecule has 0 spiro atoms. The lowest BCUT2D eigenvalue weighted by molar-refractivity contribution is -0.141. The van der Waals surface area contributed by atoms with E-state index in [9.17, 15) is 14.4 Å². The fourth-order valence-corrected chi connectivity index (χ4v) is 3.91. The minimum atomic E-state index is -0.586. The summed E-state index contributed by atoms with van der Waals surface area (Å²) < 4.78 is 11.9. The van der Waals surface area contributed by atoms with Gasteiger partial charge in [-0.3, -0.25) is 24.6 Å². The van der Waals surface area contributed by atoms with E-state index in [0.29, 0.717) is 23.6 Å². The smallest absolute Gasteiger partial charge is 0.325 e. The van der Waals surface area contributed by atoms with Crippen molar-refractivity contribution >= 4 is 57.8 Å². The zero-order valence-electron chi connectivity index (χ0n) is 18.0. The van der Waals surface area contributed by atoms with Crippen molar-refractivity contribution in [3.63, 3.8) is 0 Å². The fraction of sp³-hybridized carbons (Fsp3) is 0.167. The van der Waals surface area contributed by atoms with E-state index in [4.69, 9.17) is 21.7 Å². The number of amides is 2. The van der Waals surface area contributed by atoms with Gasteiger partial charge in [0.1, 0.15) is 17.9 Å². The number of anilines is 1. The second kappa shape index (κ2) is 9.25. The van der Waals surface area contributed by atoms with Crippen molar-refractivity contribution in [2.45, 2.75) is 13.5 Å². The summed E-state index contributed by atoms with van der Waals surface area (Å²) in [6, 6.07) is 14.3. The first-order valence-corrected chi connectivity index (χ1v) is 10.6. The predicted molar refractivity (Wildman–Crippen MR) is 128 cm³/mol. The third-order valence-electron chi connectivity index (χ3n) is 5.15. The molecule has 2 amide bonds. The van der Waals surface area contributed by atoms with Crippen LogP contribution in [0.4, 0.5) is 5.69 Å². The van der Waals surface area contributed by atoms with E-state index in [0.717, 1.165) is 10.9 Å². The molecule has 33 heavy (non-hydrogen) atoms. The van der Waals surface area contributed by atoms with Crippen LogP contribution >= 0.6 is 12.2 Å². The van der Waals surface area contributed by atoms with E-state index in [1.165, 1.54) is 18.1 Å². The van der Waals surface area contributed by atoms with E-state index in [1.807, 2.05) is 31.2 Å². The summed E-state index contributed by atoms with van der Waals surface area (Å²) in [6.45, 7) is 2.40. The number of carbonyl (C=O) groups excluding carboxylic acids is 3. The highest BCUT2D eigenvalue weighted by molar-refractivity contribution is 7.80. The summed E-state index contributed by atoms with van der Waals surface area (Å²) in [7, 11) is 1.32. The first-order chi connectivity index (χ1) is 15.9. The molecule has 3 aromatic rings. The number of carbonyl (C=O) groups is 3. The van der Waals surface area contributed by atoms with Gasteiger partial charge in [0.05, 0.1) is 19.4 Å². The molecule has 1 aliphatic heterocycles. The summed E-state index contributed by atoms with van der Waals surface area (Å²) in [5.41, 5.74) is 1.83. The van der Waals surface area contributed by atoms with Crippen molar-refractivity contribution in [1.29, 1.82) is 0 Å². The van der Waals surface area contributed by atoms with Gasteiger partial charge < -0.3 is 14.0 Å². The molecule has 4 rings (SSSR count). The number of methoxy groups -OCH3 is 1. The molecule has 1 N–H and O–H groups in total. The molecule has 9 heteroatoms. The van der Waals surface area contributed by atoms with Crippen LogP contribution in [0.1, 0.15) is 12.5 Å². The van der Waals surface area contributed by atoms with E-state index in [2.05, 4.69) is 5.32 Å². The molecule has 0 bridgehead atoms. The number of aromatic nitrogens is 1. The summed E-state index contributed by atoms with van der Waals surface area (Å²) in [4.78, 5) is 39.1. The number of para-hydroxylation sites is 1. The van der Waals surface area contributed by atoms with Gasteiger partial charge in [0, 0.05) is 22.7 Å². The van der Waals surface area contributed by atoms with Gasteiger partial charge in [0.25, 0.3) is 11.8 Å². The highest BCUT2D eigenvalue weighted by Gasteiger charge is 2.34. The van der Waals surface area contributed by atoms with E-state index in [-0.39, 0.29) is 17.2 Å². The van der Waals surface area contributed by atoms with Gasteiger partial charge in [-0.25, -0.2) is 0 Å². The number of rotatable bonds is 6. The molecular formula is C24H21N3O5S. The predicted octanol–water partition coefficient (Wildman–Crippen LogP) is 3.04. The van der Waals surface area contributed by atoms with Crippen molar-refractivity contribution < 1.29 is 23.9 Å². The third-order valence-corrected chi connectivity index (χ3v) is 5.44. The molecule has 1 fully saturated rings. The van der Waals surface area contributed by atoms with Gasteiger partial charge in [-0.2, -0.15) is 0 Å². The van der Waals surface area contributed by atoms with Gasteiger partial charge in [-0.15, -0.1) is 0 Å². The number of nitrogens with zero attached hydrogens (tertiary/aromatic N) is 2. The second-order valence-corrected chi connectivity index (χ2v) is 7.58. The van der Waals surface area contributed by atoms with Crippen LogP contribution in [0, 0.1) is 0 Å². The number of esters is 1. The highest BCUT2D eigenvalue weighted by Crippen LogP contribution is 2.27. The molecule has 2 aromatic carbocycles. The number of hydrogen-bond donors (Lipinski definition) is 1. The zero-order valence-corrected chi connectivity index (χ0v) is 18.8. The van der Waals surface area contributed by atoms with Crippen LogP contribution < -0.4 is 15.0 Å². The molecule has 168 valence electrons. The Kier molecular flexibility index (Phi) is 6.23. The Balaban J connectivity index is 1.73. The first kappa shape index (κ1) is 22.2. The monoisotopic (exact) mass is 463 g/mol. The number of fused-ring (bicyclic) bond motifs is 1. The summed E-state index contributed by atoms with van der Waals surface area (Å²) in [5, 5.41) is 3.37. The van der Waals surface area contributed by atoms with Gasteiger partial charge in [-0.05, 0) is 55.5 Å². The Hall–Kier alpha value is -3.98. The highest BCUT2D eigenvalue weighted by atomic mass is 32.1. The topological polar surface area (TPSA) is 89.9 Å². The van der Waals surface area contributed by atoms with Crippen LogP contribution in [0.3, 0.4) is 0 Å². The molecule has 8 nitrogen and oxygen atoms in total. The Bertz CT molecular complexity index is 1290. The van der Waals surface area contributed by atoms with Crippen molar-refractivity contribution in [1.82, 2.24) is 9.88 Å². The minimum absolute atomic E-state index is 0.000528. The van der Waals surface area contributed by atoms with E-state index >= 15 is 0 Å². The van der Waals surface area contributed by atoms with Gasteiger partial charge in [0.15, 0.2) is 5.11 Å². The molecule has 1 aromatic heterocycles. The fourth-order valence-electron chi connectivity index (χ4n) is 3.63. The third kappa shape index (κ3) is 4.35. The average molecular weight is 464 g/mol. The maximum Gasteiger partial charge on any atom is 0.325 e. The Morgan fingerprint density at radius 3 is 2.55 bits per heavy atom. The lowest BCUT2D eigenvalue weighted by Crippen LogP contribution is -2.54. The number of nitrogens with one attached hydrogen (secondary N) is 1. The summed E-state index contributed by atoms with van der Waals surface area (Å²) in [6.07, 6.45) is 3.22. The van der Waals surface area contributed by atoms with E-state index < -0.39 is 17.8 Å². The van der Waals surface area contributed by atoms with Crippen LogP contribution in [-0.2, 0) is 25.7 Å². The molecule has 0 radical (unpaired) electrons. The minimum Gasteiger partial charge on any atom is -0.494 e. The van der Waals surface area contributed by atoms with Gasteiger partial charge in [-0.1, -0.05) is 18.2 Å². The molecule has 0 aliphatic carbocycles. The van der Waals surface area contributed by atoms with Crippen molar-refractivity contribution in [2.75, 3.05) is 18.6 Å². The summed E-state index contributed by atoms with van der Waals surface area (Å²) in [5.74, 6) is -0.877. The molecule has 0 unspecified atom stereocenters. The maximum absolute atomic E-state index is 13.3. The number of thiocarbonyl (C=S) groups is 1. The molecule has 0 saturated carbocycles. The Morgan fingerprint density at radius 1 is 1.12 bits per heavy atom. The van der Waals surface area contributed by atoms with Crippen molar-refractivity contribution in [3.05, 3.63) is 65.9 Å². The van der Waals surface area contributed by atoms with Crippen LogP contribution in [0.2, 0.25) is 0 Å². The molecule has 0 atom stereocenters. The van der Waals surface area contributed by atoms with Crippen LogP contribution in [0.25, 0.3) is 17.0 Å². The van der Waals surface area contributed by atoms with Gasteiger partial charge >= 0.3 is 5.97 Å². The zero-order chi connectivity index (χ0) is 23.5. The van der Waals surface area contributed by atoms with Crippen LogP contribution in [0.15, 0.2) is 60.3 Å². The Morgan fingerprint density at radius 2 is 1.85 bits per heavy atom. The van der Waals surface area contributed by atoms with Crippen LogP contribution in [0.5, 0.6) is 5.75 Å². The van der Waals surface area contributed by atoms with Crippen molar-refractivity contribution in [3.8, 4) is 5.75 Å². The van der Waals surface area contributed by atoms with E-state index in [1.54, 1.807) is 35.0 Å². The lowest BCUT2D eigenvalue weighted by atomic mass is 10.1. The quantitative estimate of drug-likeness (QED) is 0.262. The SMILES string of the molecule is CCOc1ccc(N2C(=O)/C(=C/c3cn(CC(=O)OC)c4ccccc34)C(=O)NC2=S)cc1. The number of hydrogen-bond acceptors (Lipinski definition) is 6. The standard InChI is InChI=1S/C24H21N3O5S/c1-3-32-17-10-8-16(9-11-17)27-23(30)19(22(29)25-24(27)33)12-15-13-26(14-21(28)31-2)20-7-5-4-6-18(15)20/h4-13H,3,14H2,1-2H3,(H,25,29,33)/b19-12+. The number of ether oxygens (including phenoxy) is 2. The molecule has 1 saturated heterocycles. The first-order valence-electron chi connectivity index (χ1n) is 10.2. The van der Waals surface area contributed by atoms with Crippen molar-refractivity contribution in [2.24, 2.45) is 0 Å².